The van der Waals surface area contributed by atoms with Crippen LogP contribution in [0.5, 0.6) is 0 Å². The number of nitrogens with zero attached hydrogens (tertiary/aromatic N) is 4. The van der Waals surface area contributed by atoms with Crippen molar-refractivity contribution in [3.8, 4) is 0 Å². The van der Waals surface area contributed by atoms with Crippen LogP contribution < -0.4 is 10.2 Å². The van der Waals surface area contributed by atoms with Crippen molar-refractivity contribution in [2.24, 2.45) is 20.0 Å². The first-order valence-corrected chi connectivity index (χ1v) is 16.7. The van der Waals surface area contributed by atoms with Gasteiger partial charge in [-0.1, -0.05) is 37.0 Å². The Balaban J connectivity index is 0.000000347. The average Bonchev–Trinajstić information content (AvgIpc) is 3.69. The first-order valence-electron chi connectivity index (χ1n) is 15.9. The summed E-state index contributed by atoms with van der Waals surface area (Å²) in [6.45, 7) is 18.5. The first-order chi connectivity index (χ1) is 23.6. The Morgan fingerprint density at radius 1 is 0.569 bits per heavy atom. The van der Waals surface area contributed by atoms with E-state index in [1.165, 1.54) is 0 Å². The Bertz CT molecular complexity index is 1740. The molecule has 0 saturated carbocycles. The van der Waals surface area contributed by atoms with Crippen LogP contribution in [0.2, 0.25) is 0 Å². The van der Waals surface area contributed by atoms with Gasteiger partial charge in [-0.2, -0.15) is 0 Å². The summed E-state index contributed by atoms with van der Waals surface area (Å²) in [5, 5.41) is 24.9. The van der Waals surface area contributed by atoms with Crippen molar-refractivity contribution >= 4 is 58.0 Å². The fraction of sp³-hybridized carbons (Fsp3) is 0.389. The minimum atomic E-state index is -0.489. The first kappa shape index (κ1) is 43.0. The second kappa shape index (κ2) is 18.9. The van der Waals surface area contributed by atoms with E-state index < -0.39 is 23.8 Å². The third-order valence-electron chi connectivity index (χ3n) is 7.60. The van der Waals surface area contributed by atoms with Gasteiger partial charge in [-0.3, -0.25) is 9.98 Å². The fourth-order valence-corrected chi connectivity index (χ4v) is 5.57. The molecule has 4 heterocycles. The van der Waals surface area contributed by atoms with Gasteiger partial charge in [-0.15, -0.1) is 0 Å². The Hall–Kier alpha value is -4.17. The maximum absolute atomic E-state index is 12.2. The van der Waals surface area contributed by atoms with Crippen molar-refractivity contribution in [3.05, 3.63) is 90.3 Å². The van der Waals surface area contributed by atoms with Crippen LogP contribution in [-0.2, 0) is 45.3 Å². The van der Waals surface area contributed by atoms with E-state index in [0.717, 1.165) is 0 Å². The van der Waals surface area contributed by atoms with Crippen LogP contribution >= 0.6 is 23.2 Å². The maximum Gasteiger partial charge on any atom is 3.00 e. The van der Waals surface area contributed by atoms with Gasteiger partial charge in [0.2, 0.25) is 0 Å². The predicted molar refractivity (Wildman–Crippen MR) is 190 cm³/mol. The Labute approximate surface area is 318 Å². The van der Waals surface area contributed by atoms with Crippen molar-refractivity contribution in [2.75, 3.05) is 26.4 Å². The molecule has 0 aromatic heterocycles. The van der Waals surface area contributed by atoms with Crippen LogP contribution in [0.1, 0.15) is 69.2 Å². The quantitative estimate of drug-likeness (QED) is 0.159. The molecule has 0 spiro atoms. The third kappa shape index (κ3) is 9.59. The molecular weight excluding hydrogens is 746 g/mol. The number of hydrogen-bond acceptors (Lipinski definition) is 12. The molecule has 0 N–H and O–H groups in total. The van der Waals surface area contributed by atoms with Crippen LogP contribution in [-0.4, -0.2) is 61.2 Å². The summed E-state index contributed by atoms with van der Waals surface area (Å²) >= 11 is 12.2. The summed E-state index contributed by atoms with van der Waals surface area (Å²) in [5.74, 6) is -1.81. The van der Waals surface area contributed by atoms with E-state index in [2.05, 4.69) is 20.0 Å². The van der Waals surface area contributed by atoms with Gasteiger partial charge in [-0.05, 0) is 103 Å². The van der Waals surface area contributed by atoms with Gasteiger partial charge in [0.1, 0.15) is 10.3 Å². The molecule has 15 heteroatoms. The molecule has 0 fully saturated rings. The summed E-state index contributed by atoms with van der Waals surface area (Å²) in [6, 6.07) is 0. The molecule has 12 nitrogen and oxygen atoms in total. The molecule has 0 aromatic rings. The van der Waals surface area contributed by atoms with Crippen LogP contribution in [0.4, 0.5) is 0 Å². The second-order valence-electron chi connectivity index (χ2n) is 10.9. The van der Waals surface area contributed by atoms with Crippen molar-refractivity contribution in [1.82, 2.24) is 0 Å². The van der Waals surface area contributed by atoms with Gasteiger partial charge >= 0.3 is 28.7 Å². The predicted octanol–water partition coefficient (Wildman–Crippen LogP) is 5.51. The normalized spacial score (nSPS) is 20.5. The van der Waals surface area contributed by atoms with Gasteiger partial charge in [-0.25, -0.2) is 19.6 Å². The second-order valence-corrected chi connectivity index (χ2v) is 11.6. The van der Waals surface area contributed by atoms with Crippen LogP contribution in [0.15, 0.2) is 110 Å². The van der Waals surface area contributed by atoms with Gasteiger partial charge < -0.3 is 29.2 Å². The topological polar surface area (TPSA) is 167 Å². The molecule has 51 heavy (non-hydrogen) atoms. The van der Waals surface area contributed by atoms with E-state index in [1.54, 1.807) is 81.4 Å². The minimum absolute atomic E-state index is 0. The molecule has 0 radical (unpaired) electrons. The van der Waals surface area contributed by atoms with E-state index in [4.69, 9.17) is 42.1 Å². The molecular formula is C36H40Cl2CoN4O8+. The number of halogens is 2. The number of allylic oxidation sites excluding steroid dienone is 8. The Morgan fingerprint density at radius 3 is 1.18 bits per heavy atom. The molecule has 0 bridgehead atoms. The standard InChI is InChI=1S/2C18H21ClN2O4.Co/c2*1-6-24-17(22)14-9(3)12(20-11(14)5)8-13-15(18(23)25-7-2)10(4)16(19)21-13;/h2*8,23H,6-7H2,1-5H3;/q;;+3/p-2/b2*12-8+,18-15+;. The molecule has 0 aromatic carbocycles. The number of aliphatic imine (C=N–C) groups is 4. The van der Waals surface area contributed by atoms with E-state index >= 15 is 0 Å². The zero-order valence-corrected chi connectivity index (χ0v) is 32.7. The number of hydrogen-bond donors (Lipinski definition) is 0. The minimum Gasteiger partial charge on any atom is -0.613 e. The molecule has 0 unspecified atom stereocenters. The third-order valence-corrected chi connectivity index (χ3v) is 8.34. The molecule has 4 rings (SSSR count). The molecule has 274 valence electrons. The summed E-state index contributed by atoms with van der Waals surface area (Å²) < 4.78 is 20.3. The largest absolute Gasteiger partial charge is 3.00 e. The van der Waals surface area contributed by atoms with E-state index in [9.17, 15) is 19.8 Å². The van der Waals surface area contributed by atoms with E-state index in [-0.39, 0.29) is 53.5 Å². The van der Waals surface area contributed by atoms with E-state index in [0.29, 0.717) is 78.8 Å². The SMILES string of the molecule is CCOC(=O)C1=C(C)/C(=C\C2=NC(Cl)=C(C)/C2=C(/[O-])OCC)N=C1C.CCOC(=O)C1=C(C)/C(=C\C2=NC(Cl)=C(C)/C2=C(/[O-])OCC)N=C1C.[Co+3]. The Morgan fingerprint density at radius 2 is 0.882 bits per heavy atom. The molecule has 0 atom stereocenters. The van der Waals surface area contributed by atoms with Crippen LogP contribution in [0.25, 0.3) is 0 Å². The number of esters is 2. The number of carbonyl (C=O) groups excluding carboxylic acids is 2. The molecule has 4 aliphatic rings. The molecule has 0 amide bonds. The Kier molecular flexibility index (Phi) is 15.9. The zero-order chi connectivity index (χ0) is 37.4. The smallest absolute Gasteiger partial charge is 0.613 e. The van der Waals surface area contributed by atoms with Gasteiger partial charge in [0, 0.05) is 11.1 Å². The summed E-state index contributed by atoms with van der Waals surface area (Å²) in [5.41, 5.74) is 6.88. The van der Waals surface area contributed by atoms with Crippen LogP contribution in [0, 0.1) is 0 Å². The number of ether oxygens (including phenoxy) is 4. The summed E-state index contributed by atoms with van der Waals surface area (Å²) in [6.07, 6.45) is 3.27. The summed E-state index contributed by atoms with van der Waals surface area (Å²) in [7, 11) is 0. The monoisotopic (exact) mass is 785 g/mol. The summed E-state index contributed by atoms with van der Waals surface area (Å²) in [4.78, 5) is 41.4. The van der Waals surface area contributed by atoms with Crippen LogP contribution in [0.3, 0.4) is 0 Å². The zero-order valence-electron chi connectivity index (χ0n) is 30.1. The number of carbonyl (C=O) groups is 2. The number of rotatable bonds is 10. The van der Waals surface area contributed by atoms with Gasteiger partial charge in [0.05, 0.1) is 70.5 Å². The van der Waals surface area contributed by atoms with Crippen molar-refractivity contribution in [2.45, 2.75) is 69.2 Å². The molecule has 0 aliphatic carbocycles. The molecule has 4 aliphatic heterocycles. The van der Waals surface area contributed by atoms with Crippen molar-refractivity contribution in [3.63, 3.8) is 0 Å². The van der Waals surface area contributed by atoms with Gasteiger partial charge in [0.25, 0.3) is 0 Å². The molecule has 0 saturated heterocycles. The maximum atomic E-state index is 12.2. The average molecular weight is 787 g/mol. The fourth-order valence-electron chi connectivity index (χ4n) is 5.20. The van der Waals surface area contributed by atoms with Gasteiger partial charge in [0.15, 0.2) is 0 Å². The van der Waals surface area contributed by atoms with E-state index in [1.807, 2.05) is 0 Å². The van der Waals surface area contributed by atoms with Crippen molar-refractivity contribution < 1.29 is 55.5 Å². The van der Waals surface area contributed by atoms with Crippen molar-refractivity contribution in [1.29, 1.82) is 0 Å².